The van der Waals surface area contributed by atoms with Crippen LogP contribution in [0.5, 0.6) is 0 Å². The van der Waals surface area contributed by atoms with Gasteiger partial charge in [0.1, 0.15) is 0 Å². The molecule has 0 aliphatic heterocycles. The second kappa shape index (κ2) is 5.92. The predicted octanol–water partition coefficient (Wildman–Crippen LogP) is 4.11. The van der Waals surface area contributed by atoms with E-state index in [1.165, 1.54) is 10.4 Å². The fraction of sp³-hybridized carbons (Fsp3) is 0.500. The first-order valence-corrected chi connectivity index (χ1v) is 7.81. The van der Waals surface area contributed by atoms with E-state index < -0.39 is 0 Å². The Kier molecular flexibility index (Phi) is 4.43. The fourth-order valence-corrected chi connectivity index (χ4v) is 3.18. The molecular formula is C16H23N3S. The molecule has 0 unspecified atom stereocenters. The first-order valence-electron chi connectivity index (χ1n) is 6.99. The van der Waals surface area contributed by atoms with Crippen LogP contribution in [0.15, 0.2) is 18.3 Å². The van der Waals surface area contributed by atoms with Gasteiger partial charge in [0.05, 0.1) is 5.69 Å². The fourth-order valence-electron chi connectivity index (χ4n) is 2.13. The maximum atomic E-state index is 4.61. The molecule has 0 aliphatic carbocycles. The summed E-state index contributed by atoms with van der Waals surface area (Å²) in [6.45, 7) is 11.7. The molecule has 0 saturated heterocycles. The zero-order valence-electron chi connectivity index (χ0n) is 12.9. The van der Waals surface area contributed by atoms with E-state index in [1.54, 1.807) is 11.3 Å². The molecule has 0 amide bonds. The molecule has 0 radical (unpaired) electrons. The quantitative estimate of drug-likeness (QED) is 0.920. The Morgan fingerprint density at radius 1 is 1.20 bits per heavy atom. The Balaban J connectivity index is 1.93. The molecule has 0 spiro atoms. The Morgan fingerprint density at radius 3 is 2.50 bits per heavy atom. The van der Waals surface area contributed by atoms with Gasteiger partial charge in [-0.25, -0.2) is 4.98 Å². The van der Waals surface area contributed by atoms with Crippen LogP contribution in [-0.2, 0) is 11.8 Å². The molecule has 3 nitrogen and oxygen atoms in total. The molecule has 0 aliphatic rings. The molecule has 20 heavy (non-hydrogen) atoms. The highest BCUT2D eigenvalue weighted by molar-refractivity contribution is 7.15. The van der Waals surface area contributed by atoms with Crippen molar-refractivity contribution >= 4 is 16.5 Å². The predicted molar refractivity (Wildman–Crippen MR) is 86.7 cm³/mol. The molecule has 2 rings (SSSR count). The molecule has 0 fully saturated rings. The molecule has 108 valence electrons. The molecule has 2 heterocycles. The average Bonchev–Trinajstić information content (AvgIpc) is 2.73. The number of thiazole rings is 1. The third kappa shape index (κ3) is 3.79. The molecule has 2 aromatic heterocycles. The molecule has 1 N–H and O–H groups in total. The summed E-state index contributed by atoms with van der Waals surface area (Å²) in [4.78, 5) is 10.3. The molecule has 2 aromatic rings. The van der Waals surface area contributed by atoms with Crippen LogP contribution in [0.25, 0.3) is 0 Å². The van der Waals surface area contributed by atoms with Gasteiger partial charge in [0.2, 0.25) is 0 Å². The Hall–Kier alpha value is -1.42. The van der Waals surface area contributed by atoms with E-state index >= 15 is 0 Å². The standard InChI is InChI=1S/C16H23N3S/c1-11-6-7-13(10-18-11)8-9-17-15-19-12(2)14(20-15)16(3,4)5/h6-7,10H,8-9H2,1-5H3,(H,17,19). The van der Waals surface area contributed by atoms with E-state index in [0.29, 0.717) is 0 Å². The third-order valence-electron chi connectivity index (χ3n) is 3.14. The minimum absolute atomic E-state index is 0.169. The van der Waals surface area contributed by atoms with Crippen molar-refractivity contribution in [3.63, 3.8) is 0 Å². The maximum absolute atomic E-state index is 4.61. The molecule has 0 atom stereocenters. The number of rotatable bonds is 4. The van der Waals surface area contributed by atoms with E-state index in [0.717, 1.165) is 29.5 Å². The zero-order chi connectivity index (χ0) is 14.8. The van der Waals surface area contributed by atoms with Crippen molar-refractivity contribution in [1.82, 2.24) is 9.97 Å². The van der Waals surface area contributed by atoms with Gasteiger partial charge in [0, 0.05) is 23.3 Å². The summed E-state index contributed by atoms with van der Waals surface area (Å²) >= 11 is 1.77. The highest BCUT2D eigenvalue weighted by Crippen LogP contribution is 2.33. The second-order valence-corrected chi connectivity index (χ2v) is 7.17. The lowest BCUT2D eigenvalue weighted by Gasteiger charge is -2.16. The number of aromatic nitrogens is 2. The Labute approximate surface area is 125 Å². The minimum Gasteiger partial charge on any atom is -0.361 e. The van der Waals surface area contributed by atoms with Crippen LogP contribution >= 0.6 is 11.3 Å². The van der Waals surface area contributed by atoms with Gasteiger partial charge >= 0.3 is 0 Å². The second-order valence-electron chi connectivity index (χ2n) is 6.17. The first kappa shape index (κ1) is 15.0. The number of hydrogen-bond acceptors (Lipinski definition) is 4. The Bertz CT molecular complexity index is 564. The average molecular weight is 289 g/mol. The lowest BCUT2D eigenvalue weighted by Crippen LogP contribution is -2.10. The first-order chi connectivity index (χ1) is 9.36. The minimum atomic E-state index is 0.169. The number of nitrogens with zero attached hydrogens (tertiary/aromatic N) is 2. The normalized spacial score (nSPS) is 11.7. The third-order valence-corrected chi connectivity index (χ3v) is 4.68. The van der Waals surface area contributed by atoms with E-state index in [4.69, 9.17) is 0 Å². The topological polar surface area (TPSA) is 37.8 Å². The van der Waals surface area contributed by atoms with Crippen molar-refractivity contribution in [1.29, 1.82) is 0 Å². The zero-order valence-corrected chi connectivity index (χ0v) is 13.8. The number of pyridine rings is 1. The van der Waals surface area contributed by atoms with Crippen LogP contribution in [0.1, 0.15) is 42.6 Å². The summed E-state index contributed by atoms with van der Waals surface area (Å²) in [6, 6.07) is 4.19. The summed E-state index contributed by atoms with van der Waals surface area (Å²) in [6.07, 6.45) is 2.92. The van der Waals surface area contributed by atoms with E-state index in [-0.39, 0.29) is 5.41 Å². The molecular weight excluding hydrogens is 266 g/mol. The van der Waals surface area contributed by atoms with Crippen molar-refractivity contribution in [2.75, 3.05) is 11.9 Å². The van der Waals surface area contributed by atoms with Gasteiger partial charge in [-0.2, -0.15) is 0 Å². The van der Waals surface area contributed by atoms with Gasteiger partial charge < -0.3 is 5.32 Å². The Morgan fingerprint density at radius 2 is 1.95 bits per heavy atom. The van der Waals surface area contributed by atoms with Crippen molar-refractivity contribution in [2.45, 2.75) is 46.5 Å². The van der Waals surface area contributed by atoms with E-state index in [9.17, 15) is 0 Å². The SMILES string of the molecule is Cc1ccc(CCNc2nc(C)c(C(C)(C)C)s2)cn1. The van der Waals surface area contributed by atoms with Crippen LogP contribution in [-0.4, -0.2) is 16.5 Å². The van der Waals surface area contributed by atoms with Crippen LogP contribution in [0.4, 0.5) is 5.13 Å². The maximum Gasteiger partial charge on any atom is 0.183 e. The lowest BCUT2D eigenvalue weighted by molar-refractivity contribution is 0.598. The van der Waals surface area contributed by atoms with Crippen molar-refractivity contribution < 1.29 is 0 Å². The summed E-state index contributed by atoms with van der Waals surface area (Å²) in [5, 5.41) is 4.44. The van der Waals surface area contributed by atoms with Gasteiger partial charge in [-0.15, -0.1) is 11.3 Å². The van der Waals surface area contributed by atoms with Gasteiger partial charge in [-0.1, -0.05) is 26.8 Å². The number of anilines is 1. The van der Waals surface area contributed by atoms with Crippen molar-refractivity contribution in [3.05, 3.63) is 40.2 Å². The largest absolute Gasteiger partial charge is 0.361 e. The van der Waals surface area contributed by atoms with Crippen LogP contribution in [0.2, 0.25) is 0 Å². The number of aryl methyl sites for hydroxylation is 2. The number of hydrogen-bond donors (Lipinski definition) is 1. The van der Waals surface area contributed by atoms with Crippen LogP contribution < -0.4 is 5.32 Å². The number of nitrogens with one attached hydrogen (secondary N) is 1. The van der Waals surface area contributed by atoms with Crippen molar-refractivity contribution in [3.8, 4) is 0 Å². The van der Waals surface area contributed by atoms with Crippen LogP contribution in [0, 0.1) is 13.8 Å². The summed E-state index contributed by atoms with van der Waals surface area (Å²) in [7, 11) is 0. The van der Waals surface area contributed by atoms with E-state index in [1.807, 2.05) is 13.1 Å². The van der Waals surface area contributed by atoms with Gasteiger partial charge in [0.25, 0.3) is 0 Å². The monoisotopic (exact) mass is 289 g/mol. The van der Waals surface area contributed by atoms with Crippen molar-refractivity contribution in [2.24, 2.45) is 0 Å². The molecule has 0 saturated carbocycles. The lowest BCUT2D eigenvalue weighted by atomic mass is 9.94. The van der Waals surface area contributed by atoms with E-state index in [2.05, 4.69) is 55.1 Å². The highest BCUT2D eigenvalue weighted by Gasteiger charge is 2.20. The van der Waals surface area contributed by atoms with Gasteiger partial charge in [-0.3, -0.25) is 4.98 Å². The molecule has 0 bridgehead atoms. The van der Waals surface area contributed by atoms with Gasteiger partial charge in [-0.05, 0) is 37.3 Å². The smallest absolute Gasteiger partial charge is 0.183 e. The summed E-state index contributed by atoms with van der Waals surface area (Å²) in [5.74, 6) is 0. The summed E-state index contributed by atoms with van der Waals surface area (Å²) < 4.78 is 0. The molecule has 4 heteroatoms. The van der Waals surface area contributed by atoms with Gasteiger partial charge in [0.15, 0.2) is 5.13 Å². The molecule has 0 aromatic carbocycles. The summed E-state index contributed by atoms with van der Waals surface area (Å²) in [5.41, 5.74) is 3.63. The van der Waals surface area contributed by atoms with Crippen LogP contribution in [0.3, 0.4) is 0 Å². The highest BCUT2D eigenvalue weighted by atomic mass is 32.1.